The largest absolute Gasteiger partial charge is 0.495 e. The summed E-state index contributed by atoms with van der Waals surface area (Å²) in [4.78, 5) is 27.7. The highest BCUT2D eigenvalue weighted by atomic mass is 16.5. The summed E-state index contributed by atoms with van der Waals surface area (Å²) in [5, 5.41) is 3.20. The van der Waals surface area contributed by atoms with Gasteiger partial charge in [0.25, 0.3) is 0 Å². The molecular weight excluding hydrogens is 354 g/mol. The molecule has 0 unspecified atom stereocenters. The van der Waals surface area contributed by atoms with E-state index in [0.717, 1.165) is 16.8 Å². The first kappa shape index (κ1) is 19.5. The zero-order valence-electron chi connectivity index (χ0n) is 16.1. The standard InChI is InChI=1S/C22H25N3O3/c1-3-21(26)24-11-13-25(14-12-24)22(27)16-23-19-15-18(9-10-20(19)28-2)17-7-5-4-6-8-17/h3-10,15,23H,1,11-14,16H2,2H3. The van der Waals surface area contributed by atoms with E-state index >= 15 is 0 Å². The predicted molar refractivity (Wildman–Crippen MR) is 110 cm³/mol. The molecule has 1 aliphatic rings. The Hall–Kier alpha value is -3.28. The molecule has 1 heterocycles. The summed E-state index contributed by atoms with van der Waals surface area (Å²) >= 11 is 0. The number of anilines is 1. The number of carbonyl (C=O) groups excluding carboxylic acids is 2. The summed E-state index contributed by atoms with van der Waals surface area (Å²) in [6.07, 6.45) is 1.31. The van der Waals surface area contributed by atoms with E-state index in [0.29, 0.717) is 31.9 Å². The van der Waals surface area contributed by atoms with Gasteiger partial charge in [0.15, 0.2) is 0 Å². The van der Waals surface area contributed by atoms with Gasteiger partial charge >= 0.3 is 0 Å². The van der Waals surface area contributed by atoms with Crippen LogP contribution in [0.25, 0.3) is 11.1 Å². The minimum atomic E-state index is -0.0901. The molecule has 0 spiro atoms. The molecule has 28 heavy (non-hydrogen) atoms. The molecule has 0 atom stereocenters. The number of piperazine rings is 1. The zero-order chi connectivity index (χ0) is 19.9. The van der Waals surface area contributed by atoms with Gasteiger partial charge in [-0.3, -0.25) is 9.59 Å². The maximum Gasteiger partial charge on any atom is 0.246 e. The highest BCUT2D eigenvalue weighted by molar-refractivity contribution is 5.87. The minimum absolute atomic E-state index is 0.00197. The molecule has 0 bridgehead atoms. The first-order valence-electron chi connectivity index (χ1n) is 9.29. The van der Waals surface area contributed by atoms with E-state index in [2.05, 4.69) is 11.9 Å². The molecule has 1 N–H and O–H groups in total. The van der Waals surface area contributed by atoms with Crippen LogP contribution in [0.1, 0.15) is 0 Å². The number of methoxy groups -OCH3 is 1. The molecule has 0 aromatic heterocycles. The average Bonchev–Trinajstić information content (AvgIpc) is 2.77. The summed E-state index contributed by atoms with van der Waals surface area (Å²) in [7, 11) is 1.61. The van der Waals surface area contributed by atoms with E-state index < -0.39 is 0 Å². The summed E-state index contributed by atoms with van der Waals surface area (Å²) in [6.45, 7) is 5.80. The molecule has 0 aliphatic carbocycles. The molecule has 1 aliphatic heterocycles. The highest BCUT2D eigenvalue weighted by Crippen LogP contribution is 2.30. The molecule has 6 heteroatoms. The SMILES string of the molecule is C=CC(=O)N1CCN(C(=O)CNc2cc(-c3ccccc3)ccc2OC)CC1. The normalized spacial score (nSPS) is 13.8. The van der Waals surface area contributed by atoms with E-state index in [-0.39, 0.29) is 18.4 Å². The van der Waals surface area contributed by atoms with Crippen molar-refractivity contribution in [1.29, 1.82) is 0 Å². The predicted octanol–water partition coefficient (Wildman–Crippen LogP) is 2.63. The van der Waals surface area contributed by atoms with Crippen LogP contribution >= 0.6 is 0 Å². The van der Waals surface area contributed by atoms with Gasteiger partial charge in [0.2, 0.25) is 11.8 Å². The second-order valence-electron chi connectivity index (χ2n) is 6.54. The Balaban J connectivity index is 1.63. The number of nitrogens with zero attached hydrogens (tertiary/aromatic N) is 2. The molecular formula is C22H25N3O3. The molecule has 146 valence electrons. The molecule has 2 aromatic rings. The second-order valence-corrected chi connectivity index (χ2v) is 6.54. The van der Waals surface area contributed by atoms with Crippen molar-refractivity contribution in [2.75, 3.05) is 45.2 Å². The molecule has 6 nitrogen and oxygen atoms in total. The van der Waals surface area contributed by atoms with Gasteiger partial charge in [0.1, 0.15) is 5.75 Å². The van der Waals surface area contributed by atoms with Gasteiger partial charge in [-0.1, -0.05) is 43.0 Å². The number of rotatable bonds is 6. The van der Waals surface area contributed by atoms with E-state index in [1.807, 2.05) is 48.5 Å². The Labute approximate surface area is 165 Å². The van der Waals surface area contributed by atoms with Gasteiger partial charge in [0.05, 0.1) is 19.3 Å². The number of amides is 2. The molecule has 3 rings (SSSR count). The Bertz CT molecular complexity index is 843. The van der Waals surface area contributed by atoms with Crippen molar-refractivity contribution in [1.82, 2.24) is 9.80 Å². The third-order valence-corrected chi connectivity index (χ3v) is 4.86. The van der Waals surface area contributed by atoms with Crippen LogP contribution in [-0.2, 0) is 9.59 Å². The number of ether oxygens (including phenoxy) is 1. The number of hydrogen-bond acceptors (Lipinski definition) is 4. The zero-order valence-corrected chi connectivity index (χ0v) is 16.1. The number of benzene rings is 2. The lowest BCUT2D eigenvalue weighted by Gasteiger charge is -2.34. The van der Waals surface area contributed by atoms with Crippen LogP contribution in [0, 0.1) is 0 Å². The van der Waals surface area contributed by atoms with Crippen LogP contribution < -0.4 is 10.1 Å². The van der Waals surface area contributed by atoms with Crippen molar-refractivity contribution in [3.05, 3.63) is 61.2 Å². The first-order chi connectivity index (χ1) is 13.6. The lowest BCUT2D eigenvalue weighted by atomic mass is 10.0. The van der Waals surface area contributed by atoms with E-state index in [4.69, 9.17) is 4.74 Å². The lowest BCUT2D eigenvalue weighted by Crippen LogP contribution is -2.51. The van der Waals surface area contributed by atoms with Crippen LogP contribution in [0.5, 0.6) is 5.75 Å². The van der Waals surface area contributed by atoms with Crippen LogP contribution in [-0.4, -0.2) is 61.4 Å². The van der Waals surface area contributed by atoms with Crippen molar-refractivity contribution >= 4 is 17.5 Å². The maximum atomic E-state index is 12.6. The van der Waals surface area contributed by atoms with E-state index in [1.165, 1.54) is 6.08 Å². The number of hydrogen-bond donors (Lipinski definition) is 1. The van der Waals surface area contributed by atoms with Crippen LogP contribution in [0.4, 0.5) is 5.69 Å². The van der Waals surface area contributed by atoms with Gasteiger partial charge in [-0.05, 0) is 29.3 Å². The fourth-order valence-corrected chi connectivity index (χ4v) is 3.24. The van der Waals surface area contributed by atoms with Crippen molar-refractivity contribution in [3.63, 3.8) is 0 Å². The maximum absolute atomic E-state index is 12.6. The third kappa shape index (κ3) is 4.52. The van der Waals surface area contributed by atoms with Gasteiger partial charge < -0.3 is 19.9 Å². The Morgan fingerprint density at radius 3 is 2.36 bits per heavy atom. The lowest BCUT2D eigenvalue weighted by molar-refractivity contribution is -0.135. The molecule has 2 amide bonds. The van der Waals surface area contributed by atoms with Crippen LogP contribution in [0.15, 0.2) is 61.2 Å². The fourth-order valence-electron chi connectivity index (χ4n) is 3.24. The van der Waals surface area contributed by atoms with Gasteiger partial charge in [0, 0.05) is 26.2 Å². The van der Waals surface area contributed by atoms with Gasteiger partial charge in [-0.25, -0.2) is 0 Å². The van der Waals surface area contributed by atoms with E-state index in [1.54, 1.807) is 16.9 Å². The highest BCUT2D eigenvalue weighted by Gasteiger charge is 2.22. The van der Waals surface area contributed by atoms with Crippen molar-refractivity contribution in [2.24, 2.45) is 0 Å². The number of carbonyl (C=O) groups is 2. The Kier molecular flexibility index (Phi) is 6.32. The minimum Gasteiger partial charge on any atom is -0.495 e. The molecule has 0 saturated carbocycles. The van der Waals surface area contributed by atoms with Crippen LogP contribution in [0.2, 0.25) is 0 Å². The van der Waals surface area contributed by atoms with Crippen LogP contribution in [0.3, 0.4) is 0 Å². The second kappa shape index (κ2) is 9.08. The monoisotopic (exact) mass is 379 g/mol. The molecule has 2 aromatic carbocycles. The number of nitrogens with one attached hydrogen (secondary N) is 1. The van der Waals surface area contributed by atoms with Gasteiger partial charge in [-0.15, -0.1) is 0 Å². The third-order valence-electron chi connectivity index (χ3n) is 4.86. The average molecular weight is 379 g/mol. The summed E-state index contributed by atoms with van der Waals surface area (Å²) in [5.41, 5.74) is 2.92. The molecule has 0 radical (unpaired) electrons. The summed E-state index contributed by atoms with van der Waals surface area (Å²) in [6, 6.07) is 15.9. The summed E-state index contributed by atoms with van der Waals surface area (Å²) < 4.78 is 5.43. The summed E-state index contributed by atoms with van der Waals surface area (Å²) in [5.74, 6) is 0.597. The van der Waals surface area contributed by atoms with Gasteiger partial charge in [-0.2, -0.15) is 0 Å². The Morgan fingerprint density at radius 1 is 1.04 bits per heavy atom. The quantitative estimate of drug-likeness (QED) is 0.784. The van der Waals surface area contributed by atoms with E-state index in [9.17, 15) is 9.59 Å². The molecule has 1 fully saturated rings. The van der Waals surface area contributed by atoms with Crippen molar-refractivity contribution < 1.29 is 14.3 Å². The molecule has 1 saturated heterocycles. The Morgan fingerprint density at radius 2 is 1.71 bits per heavy atom. The van der Waals surface area contributed by atoms with Crippen molar-refractivity contribution in [3.8, 4) is 16.9 Å². The smallest absolute Gasteiger partial charge is 0.246 e. The first-order valence-corrected chi connectivity index (χ1v) is 9.29. The fraction of sp³-hybridized carbons (Fsp3) is 0.273. The van der Waals surface area contributed by atoms with Crippen molar-refractivity contribution in [2.45, 2.75) is 0 Å². The topological polar surface area (TPSA) is 61.9 Å².